The summed E-state index contributed by atoms with van der Waals surface area (Å²) < 4.78 is 5.96. The molecule has 0 bridgehead atoms. The molecule has 0 N–H and O–H groups in total. The SMILES string of the molecule is Cc1ccccc1OCc1ccccc1CN1C(=O)c2ccccc2C1=O. The number of ether oxygens (including phenoxy) is 1. The predicted octanol–water partition coefficient (Wildman–Crippen LogP) is 4.37. The lowest BCUT2D eigenvalue weighted by atomic mass is 10.1. The molecule has 0 spiro atoms. The van der Waals surface area contributed by atoms with Crippen molar-refractivity contribution < 1.29 is 14.3 Å². The number of rotatable bonds is 5. The fourth-order valence-corrected chi connectivity index (χ4v) is 3.28. The molecule has 0 atom stereocenters. The van der Waals surface area contributed by atoms with Gasteiger partial charge in [-0.05, 0) is 41.8 Å². The Morgan fingerprint density at radius 3 is 1.96 bits per heavy atom. The van der Waals surface area contributed by atoms with Crippen LogP contribution < -0.4 is 4.74 Å². The maximum Gasteiger partial charge on any atom is 0.261 e. The van der Waals surface area contributed by atoms with Gasteiger partial charge in [-0.25, -0.2) is 0 Å². The van der Waals surface area contributed by atoms with Crippen molar-refractivity contribution in [3.8, 4) is 5.75 Å². The molecular formula is C23H19NO3. The van der Waals surface area contributed by atoms with E-state index in [1.165, 1.54) is 4.90 Å². The Hall–Kier alpha value is -3.40. The van der Waals surface area contributed by atoms with Gasteiger partial charge in [-0.15, -0.1) is 0 Å². The lowest BCUT2D eigenvalue weighted by molar-refractivity contribution is 0.0641. The van der Waals surface area contributed by atoms with Crippen LogP contribution in [0.4, 0.5) is 0 Å². The van der Waals surface area contributed by atoms with E-state index in [0.29, 0.717) is 17.7 Å². The van der Waals surface area contributed by atoms with Crippen LogP contribution in [0.1, 0.15) is 37.4 Å². The largest absolute Gasteiger partial charge is 0.489 e. The summed E-state index contributed by atoms with van der Waals surface area (Å²) in [6.45, 7) is 2.61. The van der Waals surface area contributed by atoms with Gasteiger partial charge in [-0.3, -0.25) is 14.5 Å². The van der Waals surface area contributed by atoms with Gasteiger partial charge >= 0.3 is 0 Å². The second-order valence-corrected chi connectivity index (χ2v) is 6.56. The third-order valence-corrected chi connectivity index (χ3v) is 4.80. The number of carbonyl (C=O) groups is 2. The van der Waals surface area contributed by atoms with Gasteiger partial charge < -0.3 is 4.74 Å². The number of nitrogens with zero attached hydrogens (tertiary/aromatic N) is 1. The monoisotopic (exact) mass is 357 g/mol. The molecule has 0 unspecified atom stereocenters. The molecule has 0 saturated carbocycles. The summed E-state index contributed by atoms with van der Waals surface area (Å²) in [5.74, 6) is 0.337. The van der Waals surface area contributed by atoms with E-state index < -0.39 is 0 Å². The Balaban J connectivity index is 1.55. The van der Waals surface area contributed by atoms with E-state index in [4.69, 9.17) is 4.74 Å². The van der Waals surface area contributed by atoms with Gasteiger partial charge in [-0.1, -0.05) is 54.6 Å². The van der Waals surface area contributed by atoms with Crippen LogP contribution in [0.15, 0.2) is 72.8 Å². The van der Waals surface area contributed by atoms with E-state index in [2.05, 4.69) is 0 Å². The lowest BCUT2D eigenvalue weighted by Crippen LogP contribution is -2.29. The molecule has 0 aromatic heterocycles. The first-order valence-corrected chi connectivity index (χ1v) is 8.85. The third-order valence-electron chi connectivity index (χ3n) is 4.80. The molecule has 1 heterocycles. The summed E-state index contributed by atoms with van der Waals surface area (Å²) in [5.41, 5.74) is 3.86. The van der Waals surface area contributed by atoms with Crippen LogP contribution in [0.3, 0.4) is 0 Å². The first kappa shape index (κ1) is 17.0. The first-order valence-electron chi connectivity index (χ1n) is 8.85. The van der Waals surface area contributed by atoms with E-state index >= 15 is 0 Å². The van der Waals surface area contributed by atoms with Crippen molar-refractivity contribution in [3.63, 3.8) is 0 Å². The number of benzene rings is 3. The van der Waals surface area contributed by atoms with Gasteiger partial charge in [0.1, 0.15) is 12.4 Å². The Bertz CT molecular complexity index is 990. The number of aryl methyl sites for hydroxylation is 1. The molecule has 0 saturated heterocycles. The minimum Gasteiger partial charge on any atom is -0.489 e. The van der Waals surface area contributed by atoms with E-state index in [-0.39, 0.29) is 18.4 Å². The number of carbonyl (C=O) groups excluding carboxylic acids is 2. The molecule has 3 aromatic rings. The Morgan fingerprint density at radius 1 is 0.741 bits per heavy atom. The molecule has 3 aromatic carbocycles. The number of fused-ring (bicyclic) bond motifs is 1. The number of imide groups is 1. The normalized spacial score (nSPS) is 13.0. The molecule has 134 valence electrons. The molecule has 1 aliphatic heterocycles. The van der Waals surface area contributed by atoms with E-state index in [0.717, 1.165) is 22.4 Å². The zero-order valence-corrected chi connectivity index (χ0v) is 15.0. The molecule has 0 fully saturated rings. The second kappa shape index (κ2) is 7.08. The maximum atomic E-state index is 12.6. The highest BCUT2D eigenvalue weighted by Crippen LogP contribution is 2.26. The van der Waals surface area contributed by atoms with Gasteiger partial charge in [0.25, 0.3) is 11.8 Å². The highest BCUT2D eigenvalue weighted by Gasteiger charge is 2.35. The Kier molecular flexibility index (Phi) is 4.47. The fourth-order valence-electron chi connectivity index (χ4n) is 3.28. The average Bonchev–Trinajstić information content (AvgIpc) is 2.94. The number of hydrogen-bond acceptors (Lipinski definition) is 3. The summed E-state index contributed by atoms with van der Waals surface area (Å²) >= 11 is 0. The van der Waals surface area contributed by atoms with Gasteiger partial charge in [0.05, 0.1) is 17.7 Å². The second-order valence-electron chi connectivity index (χ2n) is 6.56. The summed E-state index contributed by atoms with van der Waals surface area (Å²) in [6, 6.07) is 22.5. The first-order chi connectivity index (χ1) is 13.1. The summed E-state index contributed by atoms with van der Waals surface area (Å²) in [5, 5.41) is 0. The summed E-state index contributed by atoms with van der Waals surface area (Å²) in [7, 11) is 0. The topological polar surface area (TPSA) is 46.6 Å². The molecule has 4 nitrogen and oxygen atoms in total. The van der Waals surface area contributed by atoms with Crippen molar-refractivity contribution in [1.29, 1.82) is 0 Å². The van der Waals surface area contributed by atoms with Crippen molar-refractivity contribution in [2.24, 2.45) is 0 Å². The number of hydrogen-bond donors (Lipinski definition) is 0. The van der Waals surface area contributed by atoms with E-state index in [1.807, 2.05) is 55.5 Å². The summed E-state index contributed by atoms with van der Waals surface area (Å²) in [6.07, 6.45) is 0. The zero-order chi connectivity index (χ0) is 18.8. The molecule has 1 aliphatic rings. The van der Waals surface area contributed by atoms with Gasteiger partial charge in [0.2, 0.25) is 0 Å². The highest BCUT2D eigenvalue weighted by molar-refractivity contribution is 6.21. The van der Waals surface area contributed by atoms with Crippen molar-refractivity contribution in [2.75, 3.05) is 0 Å². The lowest BCUT2D eigenvalue weighted by Gasteiger charge is -2.17. The third kappa shape index (κ3) is 3.22. The average molecular weight is 357 g/mol. The molecule has 4 heteroatoms. The van der Waals surface area contributed by atoms with Crippen LogP contribution in [0.2, 0.25) is 0 Å². The fraction of sp³-hybridized carbons (Fsp3) is 0.130. The Labute approximate surface area is 158 Å². The Morgan fingerprint density at radius 2 is 1.30 bits per heavy atom. The molecule has 27 heavy (non-hydrogen) atoms. The standard InChI is InChI=1S/C23H19NO3/c1-16-8-2-7-13-21(16)27-15-18-10-4-3-9-17(18)14-24-22(25)19-11-5-6-12-20(19)23(24)26/h2-13H,14-15H2,1H3. The predicted molar refractivity (Wildman–Crippen MR) is 103 cm³/mol. The molecule has 0 aliphatic carbocycles. The van der Waals surface area contributed by atoms with Gasteiger partial charge in [0, 0.05) is 0 Å². The highest BCUT2D eigenvalue weighted by atomic mass is 16.5. The number of para-hydroxylation sites is 1. The van der Waals surface area contributed by atoms with E-state index in [1.54, 1.807) is 24.3 Å². The molecule has 4 rings (SSSR count). The van der Waals surface area contributed by atoms with Crippen LogP contribution >= 0.6 is 0 Å². The van der Waals surface area contributed by atoms with Crippen LogP contribution in [-0.2, 0) is 13.2 Å². The van der Waals surface area contributed by atoms with Crippen molar-refractivity contribution in [1.82, 2.24) is 4.90 Å². The van der Waals surface area contributed by atoms with Gasteiger partial charge in [-0.2, -0.15) is 0 Å². The quantitative estimate of drug-likeness (QED) is 0.637. The van der Waals surface area contributed by atoms with Gasteiger partial charge in [0.15, 0.2) is 0 Å². The van der Waals surface area contributed by atoms with Crippen molar-refractivity contribution in [2.45, 2.75) is 20.1 Å². The van der Waals surface area contributed by atoms with Crippen LogP contribution in [-0.4, -0.2) is 16.7 Å². The molecule has 0 radical (unpaired) electrons. The minimum atomic E-state index is -0.245. The zero-order valence-electron chi connectivity index (χ0n) is 15.0. The van der Waals surface area contributed by atoms with Crippen LogP contribution in [0.5, 0.6) is 5.75 Å². The molecule has 2 amide bonds. The maximum absolute atomic E-state index is 12.6. The van der Waals surface area contributed by atoms with Crippen LogP contribution in [0, 0.1) is 6.92 Å². The van der Waals surface area contributed by atoms with Crippen molar-refractivity contribution >= 4 is 11.8 Å². The van der Waals surface area contributed by atoms with E-state index in [9.17, 15) is 9.59 Å². The minimum absolute atomic E-state index is 0.236. The molecular weight excluding hydrogens is 338 g/mol. The number of amides is 2. The smallest absolute Gasteiger partial charge is 0.261 e. The van der Waals surface area contributed by atoms with Crippen LogP contribution in [0.25, 0.3) is 0 Å². The van der Waals surface area contributed by atoms with Crippen molar-refractivity contribution in [3.05, 3.63) is 101 Å². The summed E-state index contributed by atoms with van der Waals surface area (Å²) in [4.78, 5) is 26.5.